The first-order valence-electron chi connectivity index (χ1n) is 5.94. The van der Waals surface area contributed by atoms with Gasteiger partial charge in [0.2, 0.25) is 0 Å². The molecule has 0 unspecified atom stereocenters. The molecule has 0 bridgehead atoms. The number of nitrogens with zero attached hydrogens (tertiary/aromatic N) is 1. The van der Waals surface area contributed by atoms with Gasteiger partial charge in [0.25, 0.3) is 0 Å². The first-order chi connectivity index (χ1) is 9.56. The molecule has 2 heterocycles. The molecule has 2 aromatic heterocycles. The van der Waals surface area contributed by atoms with Crippen molar-refractivity contribution >= 4 is 44.1 Å². The minimum absolute atomic E-state index is 0.277. The second-order valence-electron chi connectivity index (χ2n) is 4.45. The van der Waals surface area contributed by atoms with Crippen LogP contribution in [0.15, 0.2) is 40.2 Å². The highest BCUT2D eigenvalue weighted by Gasteiger charge is 2.14. The smallest absolute Gasteiger partial charge is 0.336 e. The van der Waals surface area contributed by atoms with Crippen LogP contribution in [0.1, 0.15) is 15.9 Å². The van der Waals surface area contributed by atoms with Crippen molar-refractivity contribution in [3.8, 4) is 10.6 Å². The maximum Gasteiger partial charge on any atom is 0.336 e. The average Bonchev–Trinajstić information content (AvgIpc) is 2.83. The number of benzene rings is 1. The van der Waals surface area contributed by atoms with E-state index in [0.29, 0.717) is 16.6 Å². The van der Waals surface area contributed by atoms with Crippen LogP contribution in [-0.4, -0.2) is 16.1 Å². The first kappa shape index (κ1) is 13.3. The Balaban J connectivity index is 2.34. The Labute approximate surface area is 128 Å². The van der Waals surface area contributed by atoms with E-state index in [9.17, 15) is 9.90 Å². The van der Waals surface area contributed by atoms with Crippen LogP contribution < -0.4 is 0 Å². The third-order valence-electron chi connectivity index (χ3n) is 3.10. The van der Waals surface area contributed by atoms with Crippen LogP contribution in [0.25, 0.3) is 21.5 Å². The van der Waals surface area contributed by atoms with E-state index < -0.39 is 5.97 Å². The van der Waals surface area contributed by atoms with Crippen LogP contribution in [0.2, 0.25) is 0 Å². The molecular weight excluding hydrogens is 338 g/mol. The van der Waals surface area contributed by atoms with Gasteiger partial charge in [-0.3, -0.25) is 0 Å². The summed E-state index contributed by atoms with van der Waals surface area (Å²) in [6.07, 6.45) is 0. The maximum atomic E-state index is 11.5. The molecule has 0 amide bonds. The Bertz CT molecular complexity index is 826. The van der Waals surface area contributed by atoms with Gasteiger partial charge in [-0.05, 0) is 48.2 Å². The Morgan fingerprint density at radius 1 is 1.30 bits per heavy atom. The second kappa shape index (κ2) is 5.00. The number of thiophene rings is 1. The molecule has 100 valence electrons. The van der Waals surface area contributed by atoms with E-state index in [4.69, 9.17) is 0 Å². The quantitative estimate of drug-likeness (QED) is 0.728. The van der Waals surface area contributed by atoms with E-state index in [2.05, 4.69) is 20.9 Å². The van der Waals surface area contributed by atoms with E-state index in [0.717, 1.165) is 14.9 Å². The fourth-order valence-corrected chi connectivity index (χ4v) is 3.37. The highest BCUT2D eigenvalue weighted by Crippen LogP contribution is 2.31. The number of hydrogen-bond acceptors (Lipinski definition) is 3. The fraction of sp³-hybridized carbons (Fsp3) is 0.0667. The zero-order valence-electron chi connectivity index (χ0n) is 10.6. The second-order valence-corrected chi connectivity index (χ2v) is 6.29. The number of hydrogen-bond donors (Lipinski definition) is 1. The van der Waals surface area contributed by atoms with Crippen molar-refractivity contribution in [1.29, 1.82) is 0 Å². The van der Waals surface area contributed by atoms with Gasteiger partial charge in [0.05, 0.1) is 21.7 Å². The van der Waals surface area contributed by atoms with E-state index in [1.165, 1.54) is 0 Å². The van der Waals surface area contributed by atoms with Crippen LogP contribution >= 0.6 is 27.3 Å². The number of carboxylic acid groups (broad SMARTS) is 1. The lowest BCUT2D eigenvalue weighted by molar-refractivity contribution is 0.0699. The van der Waals surface area contributed by atoms with E-state index in [-0.39, 0.29) is 5.56 Å². The number of carboxylic acids is 1. The minimum Gasteiger partial charge on any atom is -0.478 e. The van der Waals surface area contributed by atoms with Crippen LogP contribution in [0.4, 0.5) is 0 Å². The number of halogens is 1. The minimum atomic E-state index is -0.939. The van der Waals surface area contributed by atoms with Crippen LogP contribution in [0.3, 0.4) is 0 Å². The summed E-state index contributed by atoms with van der Waals surface area (Å²) in [6.45, 7) is 2.00. The summed E-state index contributed by atoms with van der Waals surface area (Å²) in [5.74, 6) is -0.939. The zero-order chi connectivity index (χ0) is 14.3. The summed E-state index contributed by atoms with van der Waals surface area (Å²) in [4.78, 5) is 17.1. The number of aromatic nitrogens is 1. The molecule has 0 fully saturated rings. The molecule has 0 aliphatic heterocycles. The highest BCUT2D eigenvalue weighted by atomic mass is 79.9. The molecule has 0 atom stereocenters. The van der Waals surface area contributed by atoms with E-state index >= 15 is 0 Å². The molecule has 1 N–H and O–H groups in total. The van der Waals surface area contributed by atoms with Crippen LogP contribution in [0, 0.1) is 6.92 Å². The van der Waals surface area contributed by atoms with Crippen molar-refractivity contribution < 1.29 is 9.90 Å². The van der Waals surface area contributed by atoms with E-state index in [1.807, 2.05) is 30.5 Å². The molecule has 0 aliphatic carbocycles. The lowest BCUT2D eigenvalue weighted by atomic mass is 10.1. The van der Waals surface area contributed by atoms with Crippen molar-refractivity contribution in [3.05, 3.63) is 51.3 Å². The van der Waals surface area contributed by atoms with E-state index in [1.54, 1.807) is 23.5 Å². The number of aryl methyl sites for hydroxylation is 1. The predicted octanol–water partition coefficient (Wildman–Crippen LogP) is 4.73. The molecule has 5 heteroatoms. The lowest BCUT2D eigenvalue weighted by Gasteiger charge is -2.07. The summed E-state index contributed by atoms with van der Waals surface area (Å²) in [7, 11) is 0. The van der Waals surface area contributed by atoms with Crippen LogP contribution in [-0.2, 0) is 0 Å². The van der Waals surface area contributed by atoms with Gasteiger partial charge in [-0.15, -0.1) is 11.3 Å². The van der Waals surface area contributed by atoms with Crippen molar-refractivity contribution in [2.75, 3.05) is 0 Å². The van der Waals surface area contributed by atoms with Crippen molar-refractivity contribution in [3.63, 3.8) is 0 Å². The molecule has 20 heavy (non-hydrogen) atoms. The standard InChI is InChI=1S/C15H10BrNO2S/c1-8-4-5-20-14(8)13-7-11(15(18)19)10-6-9(16)2-3-12(10)17-13/h2-7H,1H3,(H,18,19). The van der Waals surface area contributed by atoms with Gasteiger partial charge < -0.3 is 5.11 Å². The highest BCUT2D eigenvalue weighted by molar-refractivity contribution is 9.10. The molecule has 0 radical (unpaired) electrons. The van der Waals surface area contributed by atoms with Crippen molar-refractivity contribution in [2.45, 2.75) is 6.92 Å². The molecule has 0 saturated heterocycles. The Morgan fingerprint density at radius 2 is 2.10 bits per heavy atom. The maximum absolute atomic E-state index is 11.5. The summed E-state index contributed by atoms with van der Waals surface area (Å²) < 4.78 is 0.842. The average molecular weight is 348 g/mol. The third kappa shape index (κ3) is 2.23. The van der Waals surface area contributed by atoms with Crippen molar-refractivity contribution in [1.82, 2.24) is 4.98 Å². The van der Waals surface area contributed by atoms with Gasteiger partial charge in [0, 0.05) is 9.86 Å². The summed E-state index contributed by atoms with van der Waals surface area (Å²) in [5, 5.41) is 12.1. The van der Waals surface area contributed by atoms with Gasteiger partial charge in [-0.1, -0.05) is 15.9 Å². The lowest BCUT2D eigenvalue weighted by Crippen LogP contribution is -2.00. The van der Waals surface area contributed by atoms with Gasteiger partial charge in [0.15, 0.2) is 0 Å². The Morgan fingerprint density at radius 3 is 2.75 bits per heavy atom. The molecule has 3 aromatic rings. The number of aromatic carboxylic acids is 1. The molecule has 0 aliphatic rings. The normalized spacial score (nSPS) is 10.9. The molecule has 1 aromatic carbocycles. The summed E-state index contributed by atoms with van der Waals surface area (Å²) in [5.41, 5.74) is 2.79. The first-order valence-corrected chi connectivity index (χ1v) is 7.61. The summed E-state index contributed by atoms with van der Waals surface area (Å²) in [6, 6.07) is 9.14. The number of fused-ring (bicyclic) bond motifs is 1. The fourth-order valence-electron chi connectivity index (χ4n) is 2.13. The van der Waals surface area contributed by atoms with Gasteiger partial charge in [-0.2, -0.15) is 0 Å². The molecule has 3 nitrogen and oxygen atoms in total. The number of carbonyl (C=O) groups is 1. The summed E-state index contributed by atoms with van der Waals surface area (Å²) >= 11 is 4.94. The molecule has 3 rings (SSSR count). The predicted molar refractivity (Wildman–Crippen MR) is 84.5 cm³/mol. The monoisotopic (exact) mass is 347 g/mol. The molecular formula is C15H10BrNO2S. The SMILES string of the molecule is Cc1ccsc1-c1cc(C(=O)O)c2cc(Br)ccc2n1. The molecule has 0 spiro atoms. The van der Waals surface area contributed by atoms with Gasteiger partial charge in [0.1, 0.15) is 0 Å². The largest absolute Gasteiger partial charge is 0.478 e. The Hall–Kier alpha value is -1.72. The molecule has 0 saturated carbocycles. The van der Waals surface area contributed by atoms with Gasteiger partial charge in [-0.25, -0.2) is 9.78 Å². The Kier molecular flexibility index (Phi) is 3.31. The zero-order valence-corrected chi connectivity index (χ0v) is 13.0. The third-order valence-corrected chi connectivity index (χ3v) is 4.63. The van der Waals surface area contributed by atoms with Crippen LogP contribution in [0.5, 0.6) is 0 Å². The number of rotatable bonds is 2. The topological polar surface area (TPSA) is 50.2 Å². The van der Waals surface area contributed by atoms with Crippen molar-refractivity contribution in [2.24, 2.45) is 0 Å². The number of pyridine rings is 1. The van der Waals surface area contributed by atoms with Gasteiger partial charge >= 0.3 is 5.97 Å².